The number of likely N-dealkylation sites (tertiary alicyclic amines) is 1. The molecule has 0 bridgehead atoms. The highest BCUT2D eigenvalue weighted by molar-refractivity contribution is 7.95. The van der Waals surface area contributed by atoms with Crippen LogP contribution < -0.4 is 10.6 Å². The monoisotopic (exact) mass is 447 g/mol. The van der Waals surface area contributed by atoms with Crippen LogP contribution in [0.15, 0.2) is 22.3 Å². The van der Waals surface area contributed by atoms with Gasteiger partial charge in [0.05, 0.1) is 23.3 Å². The first-order chi connectivity index (χ1) is 14.3. The van der Waals surface area contributed by atoms with Gasteiger partial charge in [0.1, 0.15) is 5.76 Å². The second-order valence-electron chi connectivity index (χ2n) is 6.35. The molecule has 0 aromatic carbocycles. The molecule has 1 unspecified atom stereocenters. The van der Waals surface area contributed by atoms with E-state index in [4.69, 9.17) is 4.74 Å². The lowest BCUT2D eigenvalue weighted by Gasteiger charge is -2.23. The summed E-state index contributed by atoms with van der Waals surface area (Å²) in [5, 5.41) is 5.79. The third kappa shape index (κ3) is 10.1. The van der Waals surface area contributed by atoms with Crippen molar-refractivity contribution in [2.75, 3.05) is 46.1 Å². The van der Waals surface area contributed by atoms with Crippen molar-refractivity contribution in [2.45, 2.75) is 67.3 Å². The van der Waals surface area contributed by atoms with Crippen LogP contribution in [0, 0.1) is 0 Å². The normalized spacial score (nSPS) is 17.8. The number of nitrogens with one attached hydrogen (secondary N) is 2. The number of hydrogen-bond acceptors (Lipinski definition) is 6. The lowest BCUT2D eigenvalue weighted by atomic mass is 10.1. The predicted molar refractivity (Wildman–Crippen MR) is 127 cm³/mol. The van der Waals surface area contributed by atoms with Crippen LogP contribution in [0.2, 0.25) is 0 Å². The first-order valence-corrected chi connectivity index (χ1v) is 12.8. The molecule has 0 radical (unpaired) electrons. The summed E-state index contributed by atoms with van der Waals surface area (Å²) in [7, 11) is -0.273. The Kier molecular flexibility index (Phi) is 17.8. The van der Waals surface area contributed by atoms with Crippen molar-refractivity contribution in [3.63, 3.8) is 0 Å². The fourth-order valence-electron chi connectivity index (χ4n) is 3.06. The molecule has 1 aliphatic rings. The summed E-state index contributed by atoms with van der Waals surface area (Å²) in [5.41, 5.74) is 0.246. The smallest absolute Gasteiger partial charge is 0.254 e. The van der Waals surface area contributed by atoms with Crippen molar-refractivity contribution in [1.29, 1.82) is 0 Å². The zero-order chi connectivity index (χ0) is 23.7. The Hall–Kier alpha value is -1.38. The van der Waals surface area contributed by atoms with Crippen molar-refractivity contribution in [3.8, 4) is 0 Å². The van der Waals surface area contributed by atoms with Gasteiger partial charge in [0.15, 0.2) is 9.84 Å². The van der Waals surface area contributed by atoms with Crippen molar-refractivity contribution in [1.82, 2.24) is 15.5 Å². The average molecular weight is 448 g/mol. The van der Waals surface area contributed by atoms with E-state index in [0.717, 1.165) is 25.9 Å². The zero-order valence-corrected chi connectivity index (χ0v) is 21.4. The fraction of sp³-hybridized carbons (Fsp3) is 0.773. The van der Waals surface area contributed by atoms with Crippen LogP contribution >= 0.6 is 0 Å². The molecular formula is C22H45N3O4S. The van der Waals surface area contributed by atoms with Gasteiger partial charge in [-0.2, -0.15) is 0 Å². The number of carbonyl (C=O) groups is 1. The first-order valence-electron chi connectivity index (χ1n) is 11.2. The van der Waals surface area contributed by atoms with E-state index in [9.17, 15) is 13.2 Å². The standard InChI is InChI=1S/C18H33N3O4S.2C2H6/c1-6-21-10-8-9-15(21)12-20-18(22)17(14(3)25-5)11-16(13-19-4)26(23,24)7-2;2*1-2/h11,15,19H,6-10,12-13H2,1-5H3,(H,20,22);2*1-2H3/b16-11+,17-14-;;. The summed E-state index contributed by atoms with van der Waals surface area (Å²) in [4.78, 5) is 15.2. The van der Waals surface area contributed by atoms with Crippen molar-refractivity contribution >= 4 is 15.7 Å². The van der Waals surface area contributed by atoms with Crippen LogP contribution in [0.25, 0.3) is 0 Å². The quantitative estimate of drug-likeness (QED) is 0.304. The maximum atomic E-state index is 12.7. The van der Waals surface area contributed by atoms with E-state index in [1.165, 1.54) is 13.2 Å². The average Bonchev–Trinajstić information content (AvgIpc) is 3.24. The number of sulfone groups is 1. The third-order valence-corrected chi connectivity index (χ3v) is 6.59. The van der Waals surface area contributed by atoms with Crippen LogP contribution in [-0.2, 0) is 19.4 Å². The van der Waals surface area contributed by atoms with E-state index in [1.54, 1.807) is 20.9 Å². The van der Waals surface area contributed by atoms with Crippen LogP contribution in [0.5, 0.6) is 0 Å². The summed E-state index contributed by atoms with van der Waals surface area (Å²) in [6.45, 7) is 16.1. The Morgan fingerprint density at radius 2 is 1.80 bits per heavy atom. The molecule has 0 spiro atoms. The number of ether oxygens (including phenoxy) is 1. The summed E-state index contributed by atoms with van der Waals surface area (Å²) in [6.07, 6.45) is 3.62. The Labute approximate surface area is 185 Å². The van der Waals surface area contributed by atoms with Gasteiger partial charge >= 0.3 is 0 Å². The van der Waals surface area contributed by atoms with E-state index in [2.05, 4.69) is 22.5 Å². The lowest BCUT2D eigenvalue weighted by Crippen LogP contribution is -2.40. The minimum absolute atomic E-state index is 0.0189. The Morgan fingerprint density at radius 3 is 2.27 bits per heavy atom. The van der Waals surface area contributed by atoms with E-state index in [0.29, 0.717) is 18.3 Å². The molecule has 1 saturated heterocycles. The number of amides is 1. The van der Waals surface area contributed by atoms with Gasteiger partial charge in [0.2, 0.25) is 0 Å². The summed E-state index contributed by atoms with van der Waals surface area (Å²) in [6, 6.07) is 0.327. The molecule has 0 aliphatic carbocycles. The molecule has 0 aromatic heterocycles. The van der Waals surface area contributed by atoms with Crippen molar-refractivity contribution < 1.29 is 17.9 Å². The van der Waals surface area contributed by atoms with Gasteiger partial charge in [-0.15, -0.1) is 0 Å². The van der Waals surface area contributed by atoms with E-state index in [1.807, 2.05) is 27.7 Å². The molecule has 30 heavy (non-hydrogen) atoms. The largest absolute Gasteiger partial charge is 0.501 e. The zero-order valence-electron chi connectivity index (χ0n) is 20.6. The number of carbonyl (C=O) groups excluding carboxylic acids is 1. The second-order valence-corrected chi connectivity index (χ2v) is 8.68. The Morgan fingerprint density at radius 1 is 1.20 bits per heavy atom. The number of allylic oxidation sites excluding steroid dienone is 1. The van der Waals surface area contributed by atoms with E-state index >= 15 is 0 Å². The molecule has 0 aromatic rings. The number of likely N-dealkylation sites (N-methyl/N-ethyl adjacent to an activating group) is 2. The van der Waals surface area contributed by atoms with Gasteiger partial charge in [-0.3, -0.25) is 9.69 Å². The van der Waals surface area contributed by atoms with Gasteiger partial charge in [-0.05, 0) is 46.0 Å². The number of nitrogens with zero attached hydrogens (tertiary/aromatic N) is 1. The fourth-order valence-corrected chi connectivity index (χ4v) is 4.09. The Balaban J connectivity index is 0. The molecule has 0 saturated carbocycles. The van der Waals surface area contributed by atoms with Crippen LogP contribution in [0.1, 0.15) is 61.3 Å². The lowest BCUT2D eigenvalue weighted by molar-refractivity contribution is -0.117. The molecule has 2 N–H and O–H groups in total. The molecule has 7 nitrogen and oxygen atoms in total. The van der Waals surface area contributed by atoms with E-state index < -0.39 is 9.84 Å². The SMILES string of the molecule is CC.CC.CCN1CCCC1CNC(=O)C(/C=C(\CNC)S(=O)(=O)CC)=C(/C)OC. The first kappa shape index (κ1) is 30.8. The Bertz CT molecular complexity index is 643. The number of rotatable bonds is 10. The van der Waals surface area contributed by atoms with Gasteiger partial charge in [-0.25, -0.2) is 8.42 Å². The molecule has 1 heterocycles. The minimum Gasteiger partial charge on any atom is -0.501 e. The molecular weight excluding hydrogens is 402 g/mol. The molecule has 8 heteroatoms. The van der Waals surface area contributed by atoms with Gasteiger partial charge < -0.3 is 15.4 Å². The predicted octanol–water partition coefficient (Wildman–Crippen LogP) is 3.10. The molecule has 1 atom stereocenters. The highest BCUT2D eigenvalue weighted by Gasteiger charge is 2.24. The van der Waals surface area contributed by atoms with E-state index in [-0.39, 0.29) is 28.7 Å². The van der Waals surface area contributed by atoms with Crippen LogP contribution in [0.3, 0.4) is 0 Å². The molecule has 178 valence electrons. The summed E-state index contributed by atoms with van der Waals surface area (Å²) < 4.78 is 29.8. The van der Waals surface area contributed by atoms with Crippen molar-refractivity contribution in [3.05, 3.63) is 22.3 Å². The topological polar surface area (TPSA) is 87.7 Å². The van der Waals surface area contributed by atoms with Gasteiger partial charge in [-0.1, -0.05) is 41.5 Å². The molecule has 1 amide bonds. The number of methoxy groups -OCH3 is 1. The van der Waals surface area contributed by atoms with Gasteiger partial charge in [0.25, 0.3) is 5.91 Å². The maximum absolute atomic E-state index is 12.7. The summed E-state index contributed by atoms with van der Waals surface area (Å²) in [5.74, 6) is 0.0583. The highest BCUT2D eigenvalue weighted by atomic mass is 32.2. The minimum atomic E-state index is -3.42. The number of hydrogen-bond donors (Lipinski definition) is 2. The molecule has 1 fully saturated rings. The van der Waals surface area contributed by atoms with Crippen molar-refractivity contribution in [2.24, 2.45) is 0 Å². The maximum Gasteiger partial charge on any atom is 0.254 e. The second kappa shape index (κ2) is 17.3. The summed E-state index contributed by atoms with van der Waals surface area (Å²) >= 11 is 0. The molecule has 1 rings (SSSR count). The highest BCUT2D eigenvalue weighted by Crippen LogP contribution is 2.17. The van der Waals surface area contributed by atoms with Crippen LogP contribution in [-0.4, -0.2) is 71.4 Å². The third-order valence-electron chi connectivity index (χ3n) is 4.77. The van der Waals surface area contributed by atoms with Gasteiger partial charge in [0, 0.05) is 19.1 Å². The van der Waals surface area contributed by atoms with Crippen LogP contribution in [0.4, 0.5) is 0 Å². The molecule has 1 aliphatic heterocycles.